The maximum atomic E-state index is 12.8. The zero-order valence-corrected chi connectivity index (χ0v) is 17.8. The quantitative estimate of drug-likeness (QED) is 0.360. The van der Waals surface area contributed by atoms with Gasteiger partial charge < -0.3 is 9.47 Å². The van der Waals surface area contributed by atoms with Crippen LogP contribution in [0, 0.1) is 0 Å². The first-order chi connectivity index (χ1) is 14.4. The lowest BCUT2D eigenvalue weighted by Gasteiger charge is -2.40. The summed E-state index contributed by atoms with van der Waals surface area (Å²) in [6, 6.07) is 3.14. The number of halogens is 1. The number of pyridine rings is 1. The van der Waals surface area contributed by atoms with E-state index in [4.69, 9.17) is 21.1 Å². The van der Waals surface area contributed by atoms with Gasteiger partial charge in [0.15, 0.2) is 5.78 Å². The lowest BCUT2D eigenvalue weighted by atomic mass is 9.79. The first-order valence-electron chi connectivity index (χ1n) is 9.56. The molecule has 1 aliphatic rings. The number of ketones is 1. The molecule has 0 aliphatic heterocycles. The van der Waals surface area contributed by atoms with Crippen LogP contribution < -0.4 is 0 Å². The molecule has 1 amide bonds. The van der Waals surface area contributed by atoms with E-state index in [0.29, 0.717) is 17.9 Å². The van der Waals surface area contributed by atoms with E-state index in [-0.39, 0.29) is 11.3 Å². The van der Waals surface area contributed by atoms with Crippen molar-refractivity contribution in [3.8, 4) is 0 Å². The summed E-state index contributed by atoms with van der Waals surface area (Å²) in [6.07, 6.45) is 13.2. The van der Waals surface area contributed by atoms with Gasteiger partial charge in [0, 0.05) is 30.9 Å². The molecule has 8 heteroatoms. The number of ether oxygens (including phenoxy) is 2. The van der Waals surface area contributed by atoms with Gasteiger partial charge in [0.05, 0.1) is 5.56 Å². The van der Waals surface area contributed by atoms with Gasteiger partial charge in [-0.1, -0.05) is 35.9 Å². The molecule has 1 aliphatic carbocycles. The molecule has 2 rings (SSSR count). The number of esters is 1. The summed E-state index contributed by atoms with van der Waals surface area (Å²) < 4.78 is 10.0. The Balaban J connectivity index is 2.03. The molecule has 160 valence electrons. The molecule has 1 saturated carbocycles. The van der Waals surface area contributed by atoms with Crippen LogP contribution in [0.2, 0.25) is 0 Å². The molecule has 0 unspecified atom stereocenters. The van der Waals surface area contributed by atoms with E-state index in [1.807, 2.05) is 0 Å². The Labute approximate surface area is 181 Å². The van der Waals surface area contributed by atoms with Crippen LogP contribution in [0.15, 0.2) is 59.9 Å². The highest BCUT2D eigenvalue weighted by molar-refractivity contribution is 6.29. The van der Waals surface area contributed by atoms with Crippen LogP contribution >= 0.6 is 11.6 Å². The SMILES string of the molecule is C\C(Cl)=C/C=C\C=C\[C@]1(N(C)C(=O)OCOC(=O)c2cccnc2)CCCCC1=O. The highest BCUT2D eigenvalue weighted by Gasteiger charge is 2.44. The first kappa shape index (κ1) is 23.3. The highest BCUT2D eigenvalue weighted by atomic mass is 35.5. The number of carbonyl (C=O) groups excluding carboxylic acids is 3. The van der Waals surface area contributed by atoms with E-state index in [9.17, 15) is 14.4 Å². The van der Waals surface area contributed by atoms with Crippen molar-refractivity contribution in [2.75, 3.05) is 13.8 Å². The second kappa shape index (κ2) is 11.3. The fourth-order valence-electron chi connectivity index (χ4n) is 3.11. The fraction of sp³-hybridized carbons (Fsp3) is 0.364. The minimum Gasteiger partial charge on any atom is -0.424 e. The van der Waals surface area contributed by atoms with E-state index < -0.39 is 24.4 Å². The van der Waals surface area contributed by atoms with Gasteiger partial charge in [0.1, 0.15) is 5.54 Å². The molecular formula is C22H25ClN2O5. The molecule has 0 saturated heterocycles. The van der Waals surface area contributed by atoms with Crippen molar-refractivity contribution < 1.29 is 23.9 Å². The molecule has 1 aromatic heterocycles. The van der Waals surface area contributed by atoms with Gasteiger partial charge in [-0.05, 0) is 44.4 Å². The van der Waals surface area contributed by atoms with Crippen LogP contribution in [0.3, 0.4) is 0 Å². The Morgan fingerprint density at radius 2 is 2.07 bits per heavy atom. The Morgan fingerprint density at radius 1 is 1.27 bits per heavy atom. The molecule has 30 heavy (non-hydrogen) atoms. The summed E-state index contributed by atoms with van der Waals surface area (Å²) >= 11 is 5.78. The maximum absolute atomic E-state index is 12.8. The summed E-state index contributed by atoms with van der Waals surface area (Å²) in [6.45, 7) is 1.19. The monoisotopic (exact) mass is 432 g/mol. The molecule has 1 heterocycles. The van der Waals surface area contributed by atoms with Gasteiger partial charge in [-0.2, -0.15) is 0 Å². The van der Waals surface area contributed by atoms with Crippen molar-refractivity contribution in [3.63, 3.8) is 0 Å². The molecule has 1 aromatic rings. The van der Waals surface area contributed by atoms with Crippen LogP contribution in [0.5, 0.6) is 0 Å². The zero-order chi connectivity index (χ0) is 22.0. The number of Topliss-reactive ketones (excluding diaryl/α,β-unsaturated/α-hetero) is 1. The first-order valence-corrected chi connectivity index (χ1v) is 9.94. The van der Waals surface area contributed by atoms with Gasteiger partial charge in [-0.25, -0.2) is 9.59 Å². The summed E-state index contributed by atoms with van der Waals surface area (Å²) in [5, 5.41) is 0.629. The van der Waals surface area contributed by atoms with Gasteiger partial charge >= 0.3 is 12.1 Å². The van der Waals surface area contributed by atoms with Crippen LogP contribution in [-0.2, 0) is 14.3 Å². The van der Waals surface area contributed by atoms with Crippen molar-refractivity contribution in [2.45, 2.75) is 38.1 Å². The predicted octanol–water partition coefficient (Wildman–Crippen LogP) is 4.40. The topological polar surface area (TPSA) is 85.8 Å². The van der Waals surface area contributed by atoms with Crippen molar-refractivity contribution >= 4 is 29.4 Å². The Bertz CT molecular complexity index is 846. The molecule has 0 aromatic carbocycles. The lowest BCUT2D eigenvalue weighted by molar-refractivity contribution is -0.130. The number of nitrogens with zero attached hydrogens (tertiary/aromatic N) is 2. The molecule has 0 bridgehead atoms. The average molecular weight is 433 g/mol. The van der Waals surface area contributed by atoms with Crippen molar-refractivity contribution in [2.24, 2.45) is 0 Å². The molecule has 0 radical (unpaired) electrons. The zero-order valence-electron chi connectivity index (χ0n) is 17.0. The third-order valence-corrected chi connectivity index (χ3v) is 4.88. The van der Waals surface area contributed by atoms with Crippen molar-refractivity contribution in [1.82, 2.24) is 9.88 Å². The molecule has 1 fully saturated rings. The Morgan fingerprint density at radius 3 is 2.73 bits per heavy atom. The molecular weight excluding hydrogens is 408 g/mol. The van der Waals surface area contributed by atoms with Crippen LogP contribution in [0.4, 0.5) is 4.79 Å². The van der Waals surface area contributed by atoms with E-state index in [1.165, 1.54) is 30.4 Å². The van der Waals surface area contributed by atoms with E-state index in [1.54, 1.807) is 43.4 Å². The number of hydrogen-bond donors (Lipinski definition) is 0. The molecule has 0 N–H and O–H groups in total. The van der Waals surface area contributed by atoms with E-state index in [0.717, 1.165) is 12.8 Å². The number of hydrogen-bond acceptors (Lipinski definition) is 6. The summed E-state index contributed by atoms with van der Waals surface area (Å²) in [5.74, 6) is -0.719. The number of allylic oxidation sites excluding steroid dienone is 5. The standard InChI is InChI=1S/C22H25ClN2O5/c1-17(23)9-4-3-6-12-22(13-7-5-11-19(22)26)25(2)21(28)30-16-29-20(27)18-10-8-14-24-15-18/h3-4,6,8-10,12,14-15H,5,7,11,13,16H2,1-2H3/b4-3-,12-6+,17-9+/t22-/m0/s1. The number of aromatic nitrogens is 1. The second-order valence-electron chi connectivity index (χ2n) is 6.81. The summed E-state index contributed by atoms with van der Waals surface area (Å²) in [5.41, 5.74) is -0.857. The van der Waals surface area contributed by atoms with Gasteiger partial charge in [0.25, 0.3) is 0 Å². The molecule has 0 spiro atoms. The fourth-order valence-corrected chi connectivity index (χ4v) is 3.18. The van der Waals surface area contributed by atoms with Crippen molar-refractivity contribution in [1.29, 1.82) is 0 Å². The van der Waals surface area contributed by atoms with E-state index >= 15 is 0 Å². The third kappa shape index (κ3) is 6.29. The van der Waals surface area contributed by atoms with Crippen LogP contribution in [0.25, 0.3) is 0 Å². The lowest BCUT2D eigenvalue weighted by Crippen LogP contribution is -2.55. The van der Waals surface area contributed by atoms with Gasteiger partial charge in [-0.3, -0.25) is 14.7 Å². The van der Waals surface area contributed by atoms with Crippen LogP contribution in [0.1, 0.15) is 43.0 Å². The van der Waals surface area contributed by atoms with Gasteiger partial charge in [0.2, 0.25) is 6.79 Å². The summed E-state index contributed by atoms with van der Waals surface area (Å²) in [4.78, 5) is 42.3. The smallest absolute Gasteiger partial charge is 0.413 e. The summed E-state index contributed by atoms with van der Waals surface area (Å²) in [7, 11) is 1.51. The minimum absolute atomic E-state index is 0.0609. The predicted molar refractivity (Wildman–Crippen MR) is 113 cm³/mol. The maximum Gasteiger partial charge on any atom is 0.413 e. The second-order valence-corrected chi connectivity index (χ2v) is 7.41. The third-order valence-electron chi connectivity index (χ3n) is 4.76. The van der Waals surface area contributed by atoms with E-state index in [2.05, 4.69) is 4.98 Å². The Kier molecular flexibility index (Phi) is 8.80. The number of carbonyl (C=O) groups is 3. The van der Waals surface area contributed by atoms with Crippen LogP contribution in [-0.4, -0.2) is 47.1 Å². The average Bonchev–Trinajstić information content (AvgIpc) is 2.74. The largest absolute Gasteiger partial charge is 0.424 e. The highest BCUT2D eigenvalue weighted by Crippen LogP contribution is 2.32. The minimum atomic E-state index is -1.10. The van der Waals surface area contributed by atoms with Gasteiger partial charge in [-0.15, -0.1) is 0 Å². The molecule has 1 atom stereocenters. The molecule has 7 nitrogen and oxygen atoms in total. The van der Waals surface area contributed by atoms with Crippen molar-refractivity contribution in [3.05, 3.63) is 65.5 Å². The number of amides is 1. The normalized spacial score (nSPS) is 19.8. The number of rotatable bonds is 7. The number of likely N-dealkylation sites (N-methyl/N-ethyl adjacent to an activating group) is 1. The Hall–Kier alpha value is -2.93.